The van der Waals surface area contributed by atoms with Crippen molar-refractivity contribution in [2.45, 2.75) is 26.3 Å². The maximum Gasteiger partial charge on any atom is 0.325 e. The Hall–Kier alpha value is -1.88. The SMILES string of the molecule is CC(C)C[C@H]1NC(=O)N(CC(=O)c2ccc(Cl)cc2)C1=O. The number of imide groups is 1. The van der Waals surface area contributed by atoms with Crippen molar-refractivity contribution >= 4 is 29.3 Å². The van der Waals surface area contributed by atoms with Crippen LogP contribution in [0.5, 0.6) is 0 Å². The molecular weight excluding hydrogens is 292 g/mol. The van der Waals surface area contributed by atoms with Gasteiger partial charge in [-0.3, -0.25) is 14.5 Å². The Bertz CT molecular complexity index is 569. The van der Waals surface area contributed by atoms with Crippen molar-refractivity contribution < 1.29 is 14.4 Å². The predicted molar refractivity (Wildman–Crippen MR) is 79.3 cm³/mol. The molecule has 0 aromatic heterocycles. The highest BCUT2D eigenvalue weighted by Crippen LogP contribution is 2.16. The van der Waals surface area contributed by atoms with Gasteiger partial charge in [0.05, 0.1) is 6.54 Å². The number of benzene rings is 1. The van der Waals surface area contributed by atoms with Crippen molar-refractivity contribution in [3.63, 3.8) is 0 Å². The number of nitrogens with one attached hydrogen (secondary N) is 1. The van der Waals surface area contributed by atoms with Gasteiger partial charge in [0.1, 0.15) is 6.04 Å². The number of carbonyl (C=O) groups is 3. The van der Waals surface area contributed by atoms with Gasteiger partial charge in [-0.25, -0.2) is 4.79 Å². The van der Waals surface area contributed by atoms with Gasteiger partial charge in [0.25, 0.3) is 5.91 Å². The second-order valence-electron chi connectivity index (χ2n) is 5.49. The lowest BCUT2D eigenvalue weighted by Crippen LogP contribution is -2.36. The molecule has 3 amide bonds. The van der Waals surface area contributed by atoms with E-state index in [-0.39, 0.29) is 24.2 Å². The van der Waals surface area contributed by atoms with Gasteiger partial charge in [0, 0.05) is 10.6 Å². The van der Waals surface area contributed by atoms with Crippen LogP contribution in [0.2, 0.25) is 5.02 Å². The Morgan fingerprint density at radius 2 is 1.90 bits per heavy atom. The molecule has 0 aliphatic carbocycles. The summed E-state index contributed by atoms with van der Waals surface area (Å²) in [4.78, 5) is 37.1. The van der Waals surface area contributed by atoms with Gasteiger partial charge >= 0.3 is 6.03 Å². The van der Waals surface area contributed by atoms with E-state index in [9.17, 15) is 14.4 Å². The summed E-state index contributed by atoms with van der Waals surface area (Å²) in [5.74, 6) is -0.345. The minimum atomic E-state index is -0.532. The standard InChI is InChI=1S/C15H17ClN2O3/c1-9(2)7-12-14(20)18(15(21)17-12)8-13(19)10-3-5-11(16)6-4-10/h3-6,9,12H,7-8H2,1-2H3,(H,17,21)/t12-/m1/s1. The van der Waals surface area contributed by atoms with Crippen LogP contribution in [-0.4, -0.2) is 35.2 Å². The molecule has 0 bridgehead atoms. The molecule has 5 nitrogen and oxygen atoms in total. The van der Waals surface area contributed by atoms with Crippen LogP contribution in [-0.2, 0) is 4.79 Å². The largest absolute Gasteiger partial charge is 0.326 e. The van der Waals surface area contributed by atoms with Gasteiger partial charge in [0.2, 0.25) is 0 Å². The first-order chi connectivity index (χ1) is 9.88. The van der Waals surface area contributed by atoms with Crippen molar-refractivity contribution in [3.8, 4) is 0 Å². The fourth-order valence-corrected chi connectivity index (χ4v) is 2.35. The van der Waals surface area contributed by atoms with Crippen LogP contribution in [0.1, 0.15) is 30.6 Å². The van der Waals surface area contributed by atoms with E-state index in [4.69, 9.17) is 11.6 Å². The molecule has 0 spiro atoms. The monoisotopic (exact) mass is 308 g/mol. The average molecular weight is 309 g/mol. The van der Waals surface area contributed by atoms with Gasteiger partial charge in [0.15, 0.2) is 5.78 Å². The second-order valence-corrected chi connectivity index (χ2v) is 5.92. The number of urea groups is 1. The summed E-state index contributed by atoms with van der Waals surface area (Å²) in [6, 6.07) is 5.32. The third-order valence-corrected chi connectivity index (χ3v) is 3.53. The van der Waals surface area contributed by atoms with Crippen LogP contribution in [0.4, 0.5) is 4.79 Å². The molecule has 6 heteroatoms. The smallest absolute Gasteiger partial charge is 0.325 e. The Morgan fingerprint density at radius 3 is 2.48 bits per heavy atom. The molecule has 0 unspecified atom stereocenters. The zero-order valence-electron chi connectivity index (χ0n) is 11.9. The number of rotatable bonds is 5. The summed E-state index contributed by atoms with van der Waals surface area (Å²) in [5.41, 5.74) is 0.423. The number of hydrogen-bond donors (Lipinski definition) is 1. The number of carbonyl (C=O) groups excluding carboxylic acids is 3. The highest BCUT2D eigenvalue weighted by molar-refractivity contribution is 6.30. The number of Topliss-reactive ketones (excluding diaryl/α,β-unsaturated/α-hetero) is 1. The number of amides is 3. The Balaban J connectivity index is 2.05. The molecule has 1 heterocycles. The molecule has 0 saturated carbocycles. The summed E-state index contributed by atoms with van der Waals surface area (Å²) >= 11 is 5.76. The average Bonchev–Trinajstić information content (AvgIpc) is 2.66. The molecule has 1 aromatic rings. The zero-order valence-corrected chi connectivity index (χ0v) is 12.7. The zero-order chi connectivity index (χ0) is 15.6. The molecule has 1 atom stereocenters. The normalized spacial score (nSPS) is 18.3. The van der Waals surface area contributed by atoms with Crippen LogP contribution in [0.25, 0.3) is 0 Å². The van der Waals surface area contributed by atoms with E-state index >= 15 is 0 Å². The number of nitrogens with zero attached hydrogens (tertiary/aromatic N) is 1. The first-order valence-corrected chi connectivity index (χ1v) is 7.17. The first kappa shape index (κ1) is 15.5. The van der Waals surface area contributed by atoms with Gasteiger partial charge in [-0.05, 0) is 36.6 Å². The van der Waals surface area contributed by atoms with Crippen molar-refractivity contribution in [1.29, 1.82) is 0 Å². The van der Waals surface area contributed by atoms with E-state index in [0.29, 0.717) is 17.0 Å². The Morgan fingerprint density at radius 1 is 1.29 bits per heavy atom. The molecule has 1 N–H and O–H groups in total. The van der Waals surface area contributed by atoms with E-state index < -0.39 is 12.1 Å². The molecule has 112 valence electrons. The third kappa shape index (κ3) is 3.61. The van der Waals surface area contributed by atoms with Crippen LogP contribution in [0.15, 0.2) is 24.3 Å². The van der Waals surface area contributed by atoms with Gasteiger partial charge in [-0.2, -0.15) is 0 Å². The molecule has 2 rings (SSSR count). The molecule has 1 aliphatic rings. The van der Waals surface area contributed by atoms with Crippen molar-refractivity contribution in [2.24, 2.45) is 5.92 Å². The summed E-state index contributed by atoms with van der Waals surface area (Å²) in [6.45, 7) is 3.70. The van der Waals surface area contributed by atoms with Crippen LogP contribution < -0.4 is 5.32 Å². The maximum absolute atomic E-state index is 12.1. The lowest BCUT2D eigenvalue weighted by molar-refractivity contribution is -0.127. The van der Waals surface area contributed by atoms with E-state index in [0.717, 1.165) is 4.90 Å². The van der Waals surface area contributed by atoms with Crippen LogP contribution in [0.3, 0.4) is 0 Å². The molecule has 1 saturated heterocycles. The highest BCUT2D eigenvalue weighted by Gasteiger charge is 2.38. The van der Waals surface area contributed by atoms with Crippen molar-refractivity contribution in [3.05, 3.63) is 34.9 Å². The molecule has 1 fully saturated rings. The third-order valence-electron chi connectivity index (χ3n) is 3.28. The minimum absolute atomic E-state index is 0.249. The highest BCUT2D eigenvalue weighted by atomic mass is 35.5. The molecule has 1 aliphatic heterocycles. The minimum Gasteiger partial charge on any atom is -0.326 e. The molecular formula is C15H17ClN2O3. The number of halogens is 1. The Kier molecular flexibility index (Phi) is 4.63. The van der Waals surface area contributed by atoms with E-state index in [1.54, 1.807) is 24.3 Å². The quantitative estimate of drug-likeness (QED) is 0.671. The Labute approximate surface area is 128 Å². The fourth-order valence-electron chi connectivity index (χ4n) is 2.23. The van der Waals surface area contributed by atoms with E-state index in [1.807, 2.05) is 13.8 Å². The van der Waals surface area contributed by atoms with E-state index in [1.165, 1.54) is 0 Å². The lowest BCUT2D eigenvalue weighted by Gasteiger charge is -2.13. The molecule has 21 heavy (non-hydrogen) atoms. The second kappa shape index (κ2) is 6.26. The van der Waals surface area contributed by atoms with Crippen LogP contribution >= 0.6 is 11.6 Å². The maximum atomic E-state index is 12.1. The number of ketones is 1. The predicted octanol–water partition coefficient (Wildman–Crippen LogP) is 2.49. The fraction of sp³-hybridized carbons (Fsp3) is 0.400. The van der Waals surface area contributed by atoms with Gasteiger partial charge in [-0.1, -0.05) is 25.4 Å². The summed E-state index contributed by atoms with van der Waals surface area (Å²) < 4.78 is 0. The topological polar surface area (TPSA) is 66.5 Å². The lowest BCUT2D eigenvalue weighted by atomic mass is 10.0. The van der Waals surface area contributed by atoms with Crippen LogP contribution in [0, 0.1) is 5.92 Å². The van der Waals surface area contributed by atoms with E-state index in [2.05, 4.69) is 5.32 Å². The van der Waals surface area contributed by atoms with Crippen molar-refractivity contribution in [1.82, 2.24) is 10.2 Å². The van der Waals surface area contributed by atoms with Gasteiger partial charge in [-0.15, -0.1) is 0 Å². The van der Waals surface area contributed by atoms with Gasteiger partial charge < -0.3 is 5.32 Å². The first-order valence-electron chi connectivity index (χ1n) is 6.79. The summed E-state index contributed by atoms with van der Waals surface area (Å²) in [5, 5.41) is 3.14. The molecule has 0 radical (unpaired) electrons. The summed E-state index contributed by atoms with van der Waals surface area (Å²) in [7, 11) is 0. The number of hydrogen-bond acceptors (Lipinski definition) is 3. The molecule has 1 aromatic carbocycles. The van der Waals surface area contributed by atoms with Crippen molar-refractivity contribution in [2.75, 3.05) is 6.54 Å². The summed E-state index contributed by atoms with van der Waals surface area (Å²) in [6.07, 6.45) is 0.566.